The van der Waals surface area contributed by atoms with Gasteiger partial charge in [0, 0.05) is 23.8 Å². The summed E-state index contributed by atoms with van der Waals surface area (Å²) in [5.74, 6) is -0.582. The molecule has 0 bridgehead atoms. The number of amides is 1. The van der Waals surface area contributed by atoms with E-state index >= 15 is 0 Å². The number of aryl methyl sites for hydroxylation is 1. The maximum absolute atomic E-state index is 13.5. The average molecular weight is 527 g/mol. The van der Waals surface area contributed by atoms with Crippen LogP contribution in [0.2, 0.25) is 5.02 Å². The first kappa shape index (κ1) is 27.2. The average Bonchev–Trinajstić information content (AvgIpc) is 2.86. The van der Waals surface area contributed by atoms with E-state index < -0.39 is 22.5 Å². The van der Waals surface area contributed by atoms with Crippen LogP contribution < -0.4 is 14.6 Å². The lowest BCUT2D eigenvalue weighted by Gasteiger charge is -2.25. The van der Waals surface area contributed by atoms with Gasteiger partial charge in [0.25, 0.3) is 15.9 Å². The van der Waals surface area contributed by atoms with Crippen LogP contribution in [0.3, 0.4) is 0 Å². The van der Waals surface area contributed by atoms with E-state index in [1.807, 2.05) is 31.2 Å². The van der Waals surface area contributed by atoms with Crippen LogP contribution in [-0.2, 0) is 14.8 Å². The molecule has 0 aliphatic carbocycles. The number of hydrogen-bond donors (Lipinski definition) is 1. The highest BCUT2D eigenvalue weighted by Crippen LogP contribution is 2.30. The third-order valence-electron chi connectivity index (χ3n) is 5.83. The topological polar surface area (TPSA) is 82.1 Å². The molecule has 1 amide bonds. The number of rotatable bonds is 10. The molecular weight excluding hydrogens is 496 g/mol. The fraction of sp³-hybridized carbons (Fsp3) is 0.259. The molecule has 0 spiro atoms. The second-order valence-electron chi connectivity index (χ2n) is 8.27. The van der Waals surface area contributed by atoms with E-state index in [4.69, 9.17) is 11.6 Å². The van der Waals surface area contributed by atoms with Crippen molar-refractivity contribution < 1.29 is 13.2 Å². The summed E-state index contributed by atoms with van der Waals surface area (Å²) in [4.78, 5) is 15.1. The molecule has 3 aromatic rings. The quantitative estimate of drug-likeness (QED) is 0.292. The number of benzene rings is 3. The summed E-state index contributed by atoms with van der Waals surface area (Å²) in [7, 11) is -4.04. The molecule has 0 unspecified atom stereocenters. The van der Waals surface area contributed by atoms with Crippen LogP contribution in [0.15, 0.2) is 76.7 Å². The number of hydrogen-bond acceptors (Lipinski definition) is 5. The van der Waals surface area contributed by atoms with Gasteiger partial charge < -0.3 is 4.90 Å². The molecule has 3 aromatic carbocycles. The van der Waals surface area contributed by atoms with Crippen molar-refractivity contribution in [3.63, 3.8) is 0 Å². The lowest BCUT2D eigenvalue weighted by Crippen LogP contribution is -2.40. The Balaban J connectivity index is 1.81. The predicted molar refractivity (Wildman–Crippen MR) is 148 cm³/mol. The first-order valence-electron chi connectivity index (χ1n) is 11.7. The highest BCUT2D eigenvalue weighted by atomic mass is 35.5. The number of sulfonamides is 1. The minimum atomic E-state index is -4.04. The fourth-order valence-electron chi connectivity index (χ4n) is 3.71. The summed E-state index contributed by atoms with van der Waals surface area (Å²) in [5.41, 5.74) is 6.16. The van der Waals surface area contributed by atoms with E-state index in [9.17, 15) is 13.2 Å². The van der Waals surface area contributed by atoms with Crippen molar-refractivity contribution in [1.82, 2.24) is 5.43 Å². The van der Waals surface area contributed by atoms with E-state index in [-0.39, 0.29) is 4.90 Å². The Morgan fingerprint density at radius 3 is 2.22 bits per heavy atom. The van der Waals surface area contributed by atoms with Gasteiger partial charge >= 0.3 is 0 Å². The standard InChI is InChI=1S/C27H31ClN4O3S/c1-5-31(6-2)23-14-12-22(13-15-23)18-29-30-27(33)19-32(26-9-7-8-25(28)21(26)4)36(34,35)24-16-10-20(3)11-17-24/h7-18H,5-6,19H2,1-4H3,(H,30,33)/b29-18-. The molecule has 0 aliphatic rings. The van der Waals surface area contributed by atoms with Crippen molar-refractivity contribution in [3.8, 4) is 0 Å². The summed E-state index contributed by atoms with van der Waals surface area (Å²) in [6.07, 6.45) is 1.52. The van der Waals surface area contributed by atoms with Crippen molar-refractivity contribution in [2.45, 2.75) is 32.6 Å². The van der Waals surface area contributed by atoms with Gasteiger partial charge in [-0.3, -0.25) is 9.10 Å². The van der Waals surface area contributed by atoms with E-state index in [0.29, 0.717) is 16.3 Å². The summed E-state index contributed by atoms with van der Waals surface area (Å²) >= 11 is 6.26. The third-order valence-corrected chi connectivity index (χ3v) is 8.01. The van der Waals surface area contributed by atoms with Gasteiger partial charge in [0.1, 0.15) is 6.54 Å². The lowest BCUT2D eigenvalue weighted by molar-refractivity contribution is -0.119. The molecule has 0 atom stereocenters. The Labute approximate surface area is 218 Å². The van der Waals surface area contributed by atoms with Crippen molar-refractivity contribution in [3.05, 3.63) is 88.4 Å². The number of carbonyl (C=O) groups is 1. The van der Waals surface area contributed by atoms with E-state index in [1.165, 1.54) is 18.3 Å². The molecule has 7 nitrogen and oxygen atoms in total. The smallest absolute Gasteiger partial charge is 0.264 e. The summed E-state index contributed by atoms with van der Waals surface area (Å²) in [5, 5.41) is 4.43. The van der Waals surface area contributed by atoms with Gasteiger partial charge in [-0.2, -0.15) is 5.10 Å². The van der Waals surface area contributed by atoms with Crippen molar-refractivity contribution >= 4 is 45.1 Å². The number of anilines is 2. The first-order valence-corrected chi connectivity index (χ1v) is 13.5. The zero-order valence-electron chi connectivity index (χ0n) is 20.9. The second kappa shape index (κ2) is 12.1. The number of halogens is 1. The Morgan fingerprint density at radius 2 is 1.61 bits per heavy atom. The summed E-state index contributed by atoms with van der Waals surface area (Å²) in [6.45, 7) is 9.15. The van der Waals surface area contributed by atoms with Crippen LogP contribution in [0.4, 0.5) is 11.4 Å². The zero-order chi connectivity index (χ0) is 26.3. The lowest BCUT2D eigenvalue weighted by atomic mass is 10.2. The van der Waals surface area contributed by atoms with Gasteiger partial charge in [0.05, 0.1) is 16.8 Å². The zero-order valence-corrected chi connectivity index (χ0v) is 22.5. The number of carbonyl (C=O) groups excluding carboxylic acids is 1. The highest BCUT2D eigenvalue weighted by Gasteiger charge is 2.28. The van der Waals surface area contributed by atoms with Crippen LogP contribution in [0.1, 0.15) is 30.5 Å². The van der Waals surface area contributed by atoms with E-state index in [1.54, 1.807) is 37.3 Å². The van der Waals surface area contributed by atoms with Crippen molar-refractivity contribution in [2.24, 2.45) is 5.10 Å². The minimum absolute atomic E-state index is 0.0806. The van der Waals surface area contributed by atoms with Gasteiger partial charge in [-0.25, -0.2) is 13.8 Å². The van der Waals surface area contributed by atoms with Crippen LogP contribution >= 0.6 is 11.6 Å². The Bertz CT molecular complexity index is 1320. The highest BCUT2D eigenvalue weighted by molar-refractivity contribution is 7.92. The predicted octanol–water partition coefficient (Wildman–Crippen LogP) is 5.15. The van der Waals surface area contributed by atoms with Crippen LogP contribution in [0.5, 0.6) is 0 Å². The molecule has 0 saturated carbocycles. The maximum Gasteiger partial charge on any atom is 0.264 e. The minimum Gasteiger partial charge on any atom is -0.372 e. The SMILES string of the molecule is CCN(CC)c1ccc(/C=N\NC(=O)CN(c2cccc(Cl)c2C)S(=O)(=O)c2ccc(C)cc2)cc1. The van der Waals surface area contributed by atoms with Crippen LogP contribution in [0.25, 0.3) is 0 Å². The van der Waals surface area contributed by atoms with Crippen LogP contribution in [-0.4, -0.2) is 40.2 Å². The molecule has 0 heterocycles. The number of nitrogens with zero attached hydrogens (tertiary/aromatic N) is 3. The largest absolute Gasteiger partial charge is 0.372 e. The Hall–Kier alpha value is -3.36. The van der Waals surface area contributed by atoms with Crippen molar-refractivity contribution in [1.29, 1.82) is 0 Å². The summed E-state index contributed by atoms with van der Waals surface area (Å²) < 4.78 is 28.1. The van der Waals surface area contributed by atoms with Gasteiger partial charge in [-0.1, -0.05) is 47.5 Å². The monoisotopic (exact) mass is 526 g/mol. The Kier molecular flexibility index (Phi) is 9.12. The van der Waals surface area contributed by atoms with Crippen molar-refractivity contribution in [2.75, 3.05) is 28.8 Å². The van der Waals surface area contributed by atoms with E-state index in [2.05, 4.69) is 29.3 Å². The molecule has 3 rings (SSSR count). The molecule has 0 aromatic heterocycles. The normalized spacial score (nSPS) is 11.5. The maximum atomic E-state index is 13.5. The Morgan fingerprint density at radius 1 is 0.972 bits per heavy atom. The molecular formula is C27H31ClN4O3S. The molecule has 36 heavy (non-hydrogen) atoms. The first-order chi connectivity index (χ1) is 17.2. The van der Waals surface area contributed by atoms with Gasteiger partial charge in [0.15, 0.2) is 0 Å². The molecule has 190 valence electrons. The number of nitrogens with one attached hydrogen (secondary N) is 1. The van der Waals surface area contributed by atoms with E-state index in [0.717, 1.165) is 34.2 Å². The molecule has 0 saturated heterocycles. The molecule has 0 aliphatic heterocycles. The molecule has 9 heteroatoms. The molecule has 0 radical (unpaired) electrons. The summed E-state index contributed by atoms with van der Waals surface area (Å²) in [6, 6.07) is 19.2. The molecule has 1 N–H and O–H groups in total. The van der Waals surface area contributed by atoms with Crippen LogP contribution in [0, 0.1) is 13.8 Å². The second-order valence-corrected chi connectivity index (χ2v) is 10.5. The van der Waals surface area contributed by atoms with Gasteiger partial charge in [0.2, 0.25) is 0 Å². The third kappa shape index (κ3) is 6.44. The van der Waals surface area contributed by atoms with Gasteiger partial charge in [-0.15, -0.1) is 0 Å². The number of hydrazone groups is 1. The fourth-order valence-corrected chi connectivity index (χ4v) is 5.36. The van der Waals surface area contributed by atoms with Gasteiger partial charge in [-0.05, 0) is 75.2 Å². The molecule has 0 fully saturated rings.